The molecular weight excluding hydrogens is 224 g/mol. The van der Waals surface area contributed by atoms with Crippen molar-refractivity contribution in [3.05, 3.63) is 25.3 Å². The summed E-state index contributed by atoms with van der Waals surface area (Å²) in [6.07, 6.45) is 13.2. The minimum absolute atomic E-state index is 0.314. The van der Waals surface area contributed by atoms with E-state index in [9.17, 15) is 0 Å². The molecule has 1 saturated carbocycles. The molecule has 0 aliphatic heterocycles. The lowest BCUT2D eigenvalue weighted by molar-refractivity contribution is 0.188. The topological polar surface area (TPSA) is 9.23 Å². The third-order valence-corrected chi connectivity index (χ3v) is 7.40. The first-order valence-electron chi connectivity index (χ1n) is 6.99. The minimum atomic E-state index is -1.54. The van der Waals surface area contributed by atoms with Crippen molar-refractivity contribution < 1.29 is 4.43 Å². The number of hydrogen-bond acceptors (Lipinski definition) is 1. The molecule has 1 rings (SSSR count). The maximum absolute atomic E-state index is 6.45. The second-order valence-corrected chi connectivity index (χ2v) is 9.99. The average Bonchev–Trinajstić information content (AvgIpc) is 2.30. The summed E-state index contributed by atoms with van der Waals surface area (Å²) < 4.78 is 6.45. The van der Waals surface area contributed by atoms with E-state index in [-0.39, 0.29) is 0 Å². The highest BCUT2D eigenvalue weighted by molar-refractivity contribution is 6.72. The largest absolute Gasteiger partial charge is 0.414 e. The first-order valence-corrected chi connectivity index (χ1v) is 9.98. The molecule has 0 spiro atoms. The summed E-state index contributed by atoms with van der Waals surface area (Å²) in [7, 11) is -1.54. The zero-order chi connectivity index (χ0) is 12.7. The summed E-state index contributed by atoms with van der Waals surface area (Å²) in [5, 5.41) is 0. The maximum Gasteiger partial charge on any atom is 0.190 e. The van der Waals surface area contributed by atoms with Crippen molar-refractivity contribution >= 4 is 8.32 Å². The molecular formula is C15H28OSi. The van der Waals surface area contributed by atoms with Gasteiger partial charge in [-0.1, -0.05) is 44.3 Å². The van der Waals surface area contributed by atoms with Gasteiger partial charge < -0.3 is 4.43 Å². The molecule has 0 radical (unpaired) electrons. The summed E-state index contributed by atoms with van der Waals surface area (Å²) in [6, 6.07) is 0. The van der Waals surface area contributed by atoms with Crippen LogP contribution in [0.5, 0.6) is 0 Å². The van der Waals surface area contributed by atoms with Gasteiger partial charge in [-0.05, 0) is 31.5 Å². The molecule has 0 aromatic heterocycles. The summed E-state index contributed by atoms with van der Waals surface area (Å²) in [4.78, 5) is 0. The van der Waals surface area contributed by atoms with Crippen LogP contribution in [0, 0.1) is 0 Å². The molecule has 0 aromatic rings. The van der Waals surface area contributed by atoms with E-state index in [4.69, 9.17) is 4.43 Å². The molecule has 1 aliphatic rings. The van der Waals surface area contributed by atoms with Crippen LogP contribution in [-0.4, -0.2) is 14.4 Å². The van der Waals surface area contributed by atoms with Crippen LogP contribution in [0.1, 0.15) is 44.9 Å². The van der Waals surface area contributed by atoms with Crippen molar-refractivity contribution in [2.24, 2.45) is 0 Å². The lowest BCUT2D eigenvalue weighted by Gasteiger charge is -2.37. The molecule has 0 saturated heterocycles. The highest BCUT2D eigenvalue weighted by Crippen LogP contribution is 2.38. The molecule has 0 atom stereocenters. The van der Waals surface area contributed by atoms with Crippen molar-refractivity contribution in [3.63, 3.8) is 0 Å². The van der Waals surface area contributed by atoms with Crippen LogP contribution in [0.2, 0.25) is 18.6 Å². The zero-order valence-corrected chi connectivity index (χ0v) is 12.6. The summed E-state index contributed by atoms with van der Waals surface area (Å²) in [6.45, 7) is 12.4. The van der Waals surface area contributed by atoms with E-state index in [1.807, 2.05) is 12.2 Å². The Labute approximate surface area is 108 Å². The Balaban J connectivity index is 2.54. The third-order valence-electron chi connectivity index (χ3n) is 3.92. The van der Waals surface area contributed by atoms with Crippen LogP contribution < -0.4 is 0 Å². The molecule has 0 amide bonds. The van der Waals surface area contributed by atoms with Crippen molar-refractivity contribution in [2.75, 3.05) is 0 Å². The SMILES string of the molecule is C=CCC(CC=C)O[Si](C)(C)C1CCCCC1. The number of hydrogen-bond donors (Lipinski definition) is 0. The van der Waals surface area contributed by atoms with Crippen molar-refractivity contribution in [3.8, 4) is 0 Å². The maximum atomic E-state index is 6.45. The van der Waals surface area contributed by atoms with Gasteiger partial charge in [0.1, 0.15) is 0 Å². The van der Waals surface area contributed by atoms with E-state index < -0.39 is 8.32 Å². The Morgan fingerprint density at radius 3 is 2.12 bits per heavy atom. The predicted octanol–water partition coefficient (Wildman–Crippen LogP) is 5.06. The highest BCUT2D eigenvalue weighted by atomic mass is 28.4. The molecule has 2 heteroatoms. The van der Waals surface area contributed by atoms with Crippen molar-refractivity contribution in [1.29, 1.82) is 0 Å². The quantitative estimate of drug-likeness (QED) is 0.454. The van der Waals surface area contributed by atoms with Gasteiger partial charge in [0.2, 0.25) is 0 Å². The third kappa shape index (κ3) is 4.80. The van der Waals surface area contributed by atoms with Crippen molar-refractivity contribution in [1.82, 2.24) is 0 Å². The minimum Gasteiger partial charge on any atom is -0.414 e. The molecule has 1 fully saturated rings. The predicted molar refractivity (Wildman–Crippen MR) is 78.8 cm³/mol. The number of rotatable bonds is 7. The Morgan fingerprint density at radius 1 is 1.12 bits per heavy atom. The first-order chi connectivity index (χ1) is 8.10. The molecule has 0 heterocycles. The summed E-state index contributed by atoms with van der Waals surface area (Å²) in [5.41, 5.74) is 0.855. The van der Waals surface area contributed by atoms with E-state index in [2.05, 4.69) is 26.3 Å². The Morgan fingerprint density at radius 2 is 1.65 bits per heavy atom. The fraction of sp³-hybridized carbons (Fsp3) is 0.733. The Bertz CT molecular complexity index is 231. The normalized spacial score (nSPS) is 18.3. The van der Waals surface area contributed by atoms with E-state index in [0.29, 0.717) is 6.10 Å². The van der Waals surface area contributed by atoms with Gasteiger partial charge in [0.25, 0.3) is 0 Å². The van der Waals surface area contributed by atoms with Crippen LogP contribution >= 0.6 is 0 Å². The van der Waals surface area contributed by atoms with Gasteiger partial charge in [-0.2, -0.15) is 0 Å². The van der Waals surface area contributed by atoms with E-state index in [0.717, 1.165) is 18.4 Å². The molecule has 0 aromatic carbocycles. The smallest absolute Gasteiger partial charge is 0.190 e. The van der Waals surface area contributed by atoms with Gasteiger partial charge in [-0.25, -0.2) is 0 Å². The van der Waals surface area contributed by atoms with Crippen LogP contribution in [-0.2, 0) is 4.43 Å². The van der Waals surface area contributed by atoms with Crippen LogP contribution in [0.25, 0.3) is 0 Å². The van der Waals surface area contributed by atoms with Gasteiger partial charge in [0.15, 0.2) is 8.32 Å². The van der Waals surface area contributed by atoms with Gasteiger partial charge in [-0.15, -0.1) is 13.2 Å². The molecule has 0 unspecified atom stereocenters. The van der Waals surface area contributed by atoms with Gasteiger partial charge >= 0.3 is 0 Å². The Hall–Kier alpha value is -0.343. The van der Waals surface area contributed by atoms with Gasteiger partial charge in [0, 0.05) is 0 Å². The fourth-order valence-electron chi connectivity index (χ4n) is 2.89. The van der Waals surface area contributed by atoms with E-state index in [1.54, 1.807) is 0 Å². The van der Waals surface area contributed by atoms with Crippen LogP contribution in [0.4, 0.5) is 0 Å². The average molecular weight is 252 g/mol. The summed E-state index contributed by atoms with van der Waals surface area (Å²) in [5.74, 6) is 0. The van der Waals surface area contributed by atoms with Crippen molar-refractivity contribution in [2.45, 2.75) is 69.7 Å². The molecule has 17 heavy (non-hydrogen) atoms. The molecule has 98 valence electrons. The standard InChI is InChI=1S/C15H28OSi/c1-5-10-14(11-6-2)16-17(3,4)15-12-8-7-9-13-15/h5-6,14-15H,1-2,7-13H2,3-4H3. The first kappa shape index (κ1) is 14.7. The fourth-order valence-corrected chi connectivity index (χ4v) is 5.93. The van der Waals surface area contributed by atoms with E-state index >= 15 is 0 Å². The second kappa shape index (κ2) is 7.17. The highest BCUT2D eigenvalue weighted by Gasteiger charge is 2.36. The monoisotopic (exact) mass is 252 g/mol. The zero-order valence-electron chi connectivity index (χ0n) is 11.6. The van der Waals surface area contributed by atoms with Gasteiger partial charge in [-0.3, -0.25) is 0 Å². The van der Waals surface area contributed by atoms with Crippen LogP contribution in [0.3, 0.4) is 0 Å². The van der Waals surface area contributed by atoms with Crippen LogP contribution in [0.15, 0.2) is 25.3 Å². The van der Waals surface area contributed by atoms with E-state index in [1.165, 1.54) is 32.1 Å². The molecule has 0 N–H and O–H groups in total. The lowest BCUT2D eigenvalue weighted by Crippen LogP contribution is -2.41. The lowest BCUT2D eigenvalue weighted by atomic mass is 10.0. The molecule has 0 bridgehead atoms. The molecule has 1 aliphatic carbocycles. The summed E-state index contributed by atoms with van der Waals surface area (Å²) >= 11 is 0. The second-order valence-electron chi connectivity index (χ2n) is 5.73. The molecule has 1 nitrogen and oxygen atoms in total. The Kier molecular flexibility index (Phi) is 6.21. The van der Waals surface area contributed by atoms with Gasteiger partial charge in [0.05, 0.1) is 6.10 Å².